The van der Waals surface area contributed by atoms with Crippen molar-refractivity contribution in [2.45, 2.75) is 52.0 Å². The van der Waals surface area contributed by atoms with Gasteiger partial charge in [-0.2, -0.15) is 0 Å². The summed E-state index contributed by atoms with van der Waals surface area (Å²) in [5.74, 6) is 0.938. The molecule has 0 heterocycles. The molecule has 1 unspecified atom stereocenters. The van der Waals surface area contributed by atoms with Gasteiger partial charge in [0.15, 0.2) is 0 Å². The van der Waals surface area contributed by atoms with Crippen molar-refractivity contribution in [1.29, 1.82) is 0 Å². The van der Waals surface area contributed by atoms with Gasteiger partial charge in [0.1, 0.15) is 5.75 Å². The van der Waals surface area contributed by atoms with Crippen LogP contribution in [0.4, 0.5) is 0 Å². The smallest absolute Gasteiger partial charge is 0.118 e. The number of ether oxygens (including phenoxy) is 1. The number of methoxy groups -OCH3 is 1. The fourth-order valence-electron chi connectivity index (χ4n) is 2.66. The Hall–Kier alpha value is -1.02. The van der Waals surface area contributed by atoms with Crippen molar-refractivity contribution in [3.8, 4) is 5.75 Å². The highest BCUT2D eigenvalue weighted by Gasteiger charge is 2.31. The predicted molar refractivity (Wildman–Crippen MR) is 80.7 cm³/mol. The molecule has 0 aliphatic heterocycles. The first-order valence-electron chi connectivity index (χ1n) is 7.48. The zero-order valence-corrected chi connectivity index (χ0v) is 12.5. The Balaban J connectivity index is 1.68. The highest BCUT2D eigenvalue weighted by atomic mass is 16.5. The second-order valence-corrected chi connectivity index (χ2v) is 6.33. The van der Waals surface area contributed by atoms with E-state index < -0.39 is 0 Å². The van der Waals surface area contributed by atoms with E-state index in [-0.39, 0.29) is 0 Å². The minimum atomic E-state index is 0.578. The molecule has 0 amide bonds. The lowest BCUT2D eigenvalue weighted by Crippen LogP contribution is -2.41. The van der Waals surface area contributed by atoms with E-state index in [4.69, 9.17) is 4.74 Å². The lowest BCUT2D eigenvalue weighted by molar-refractivity contribution is 0.151. The lowest BCUT2D eigenvalue weighted by Gasteiger charge is -2.39. The maximum atomic E-state index is 5.18. The van der Waals surface area contributed by atoms with E-state index in [9.17, 15) is 0 Å². The van der Waals surface area contributed by atoms with Gasteiger partial charge in [-0.25, -0.2) is 0 Å². The molecular formula is C17H27NO. The molecule has 1 saturated carbocycles. The van der Waals surface area contributed by atoms with Gasteiger partial charge in [0.2, 0.25) is 0 Å². The molecule has 2 nitrogen and oxygen atoms in total. The van der Waals surface area contributed by atoms with E-state index in [0.29, 0.717) is 11.5 Å². The zero-order chi connectivity index (χ0) is 13.7. The Morgan fingerprint density at radius 1 is 1.26 bits per heavy atom. The minimum Gasteiger partial charge on any atom is -0.497 e. The fraction of sp³-hybridized carbons (Fsp3) is 0.647. The van der Waals surface area contributed by atoms with E-state index in [0.717, 1.165) is 12.2 Å². The number of aryl methyl sites for hydroxylation is 1. The summed E-state index contributed by atoms with van der Waals surface area (Å²) in [5.41, 5.74) is 1.97. The first-order valence-corrected chi connectivity index (χ1v) is 7.48. The summed E-state index contributed by atoms with van der Waals surface area (Å²) in [5, 5.41) is 3.69. The van der Waals surface area contributed by atoms with Crippen LogP contribution in [0.25, 0.3) is 0 Å². The van der Waals surface area contributed by atoms with Gasteiger partial charge in [0.05, 0.1) is 7.11 Å². The van der Waals surface area contributed by atoms with E-state index in [1.165, 1.54) is 37.8 Å². The SMILES string of the molecule is COc1ccc(CCC(C)NCC2(C)CCC2)cc1. The molecule has 2 rings (SSSR count). The molecule has 1 aromatic carbocycles. The molecular weight excluding hydrogens is 234 g/mol. The van der Waals surface area contributed by atoms with Gasteiger partial charge in [-0.3, -0.25) is 0 Å². The first-order chi connectivity index (χ1) is 9.11. The van der Waals surface area contributed by atoms with Crippen LogP contribution in [0.3, 0.4) is 0 Å². The van der Waals surface area contributed by atoms with Crippen LogP contribution < -0.4 is 10.1 Å². The van der Waals surface area contributed by atoms with Crippen LogP contribution in [0.1, 0.15) is 45.1 Å². The monoisotopic (exact) mass is 261 g/mol. The Kier molecular flexibility index (Phi) is 4.87. The highest BCUT2D eigenvalue weighted by Crippen LogP contribution is 2.39. The second-order valence-electron chi connectivity index (χ2n) is 6.33. The number of benzene rings is 1. The summed E-state index contributed by atoms with van der Waals surface area (Å²) in [4.78, 5) is 0. The van der Waals surface area contributed by atoms with Gasteiger partial charge in [-0.1, -0.05) is 25.5 Å². The Labute approximate surface area is 117 Å². The van der Waals surface area contributed by atoms with Gasteiger partial charge in [-0.15, -0.1) is 0 Å². The summed E-state index contributed by atoms with van der Waals surface area (Å²) in [6, 6.07) is 9.02. The molecule has 0 aromatic heterocycles. The highest BCUT2D eigenvalue weighted by molar-refractivity contribution is 5.27. The largest absolute Gasteiger partial charge is 0.497 e. The van der Waals surface area contributed by atoms with Crippen LogP contribution in [-0.2, 0) is 6.42 Å². The molecule has 1 atom stereocenters. The van der Waals surface area contributed by atoms with E-state index >= 15 is 0 Å². The van der Waals surface area contributed by atoms with Crippen molar-refractivity contribution in [2.24, 2.45) is 5.41 Å². The van der Waals surface area contributed by atoms with E-state index in [2.05, 4.69) is 31.3 Å². The molecule has 0 bridgehead atoms. The summed E-state index contributed by atoms with van der Waals surface area (Å²) in [6.45, 7) is 5.88. The van der Waals surface area contributed by atoms with Crippen molar-refractivity contribution < 1.29 is 4.74 Å². The number of nitrogens with one attached hydrogen (secondary N) is 1. The summed E-state index contributed by atoms with van der Waals surface area (Å²) < 4.78 is 5.18. The van der Waals surface area contributed by atoms with Gasteiger partial charge in [0.25, 0.3) is 0 Å². The third-order valence-corrected chi connectivity index (χ3v) is 4.46. The average Bonchev–Trinajstić information content (AvgIpc) is 2.41. The van der Waals surface area contributed by atoms with Gasteiger partial charge in [0, 0.05) is 12.6 Å². The third kappa shape index (κ3) is 4.24. The Morgan fingerprint density at radius 2 is 1.95 bits per heavy atom. The minimum absolute atomic E-state index is 0.578. The second kappa shape index (κ2) is 6.42. The lowest BCUT2D eigenvalue weighted by atomic mass is 9.70. The summed E-state index contributed by atoms with van der Waals surface area (Å²) in [7, 11) is 1.71. The molecule has 1 aliphatic rings. The maximum absolute atomic E-state index is 5.18. The van der Waals surface area contributed by atoms with Crippen molar-refractivity contribution >= 4 is 0 Å². The van der Waals surface area contributed by atoms with E-state index in [1.807, 2.05) is 12.1 Å². The maximum Gasteiger partial charge on any atom is 0.118 e. The zero-order valence-electron chi connectivity index (χ0n) is 12.5. The van der Waals surface area contributed by atoms with Crippen LogP contribution in [-0.4, -0.2) is 19.7 Å². The standard InChI is InChI=1S/C17H27NO/c1-14(18-13-17(2)11-4-12-17)5-6-15-7-9-16(19-3)10-8-15/h7-10,14,18H,4-6,11-13H2,1-3H3. The molecule has 1 N–H and O–H groups in total. The normalized spacial score (nSPS) is 18.7. The fourth-order valence-corrected chi connectivity index (χ4v) is 2.66. The molecule has 1 aromatic rings. The molecule has 19 heavy (non-hydrogen) atoms. The molecule has 0 saturated heterocycles. The van der Waals surface area contributed by atoms with Crippen molar-refractivity contribution in [1.82, 2.24) is 5.32 Å². The topological polar surface area (TPSA) is 21.3 Å². The summed E-state index contributed by atoms with van der Waals surface area (Å²) >= 11 is 0. The van der Waals surface area contributed by atoms with Crippen LogP contribution in [0.15, 0.2) is 24.3 Å². The third-order valence-electron chi connectivity index (χ3n) is 4.46. The number of rotatable bonds is 7. The Morgan fingerprint density at radius 3 is 2.47 bits per heavy atom. The summed E-state index contributed by atoms with van der Waals surface area (Å²) in [6.07, 6.45) is 6.53. The van der Waals surface area contributed by atoms with Crippen molar-refractivity contribution in [3.63, 3.8) is 0 Å². The van der Waals surface area contributed by atoms with Gasteiger partial charge >= 0.3 is 0 Å². The van der Waals surface area contributed by atoms with Gasteiger partial charge in [-0.05, 0) is 55.7 Å². The number of hydrogen-bond donors (Lipinski definition) is 1. The van der Waals surface area contributed by atoms with Crippen LogP contribution in [0, 0.1) is 5.41 Å². The van der Waals surface area contributed by atoms with Crippen LogP contribution >= 0.6 is 0 Å². The van der Waals surface area contributed by atoms with Crippen LogP contribution in [0.2, 0.25) is 0 Å². The molecule has 106 valence electrons. The molecule has 1 fully saturated rings. The molecule has 0 spiro atoms. The predicted octanol–water partition coefficient (Wildman–Crippen LogP) is 3.80. The van der Waals surface area contributed by atoms with Gasteiger partial charge < -0.3 is 10.1 Å². The molecule has 0 radical (unpaired) electrons. The Bertz CT molecular complexity index is 381. The molecule has 2 heteroatoms. The molecule has 1 aliphatic carbocycles. The number of hydrogen-bond acceptors (Lipinski definition) is 2. The van der Waals surface area contributed by atoms with Crippen LogP contribution in [0.5, 0.6) is 5.75 Å². The van der Waals surface area contributed by atoms with Crippen molar-refractivity contribution in [2.75, 3.05) is 13.7 Å². The average molecular weight is 261 g/mol. The van der Waals surface area contributed by atoms with E-state index in [1.54, 1.807) is 7.11 Å². The quantitative estimate of drug-likeness (QED) is 0.806. The van der Waals surface area contributed by atoms with Crippen molar-refractivity contribution in [3.05, 3.63) is 29.8 Å². The first kappa shape index (κ1) is 14.4.